The molecule has 0 spiro atoms. The van der Waals surface area contributed by atoms with Gasteiger partial charge in [0.15, 0.2) is 0 Å². The summed E-state index contributed by atoms with van der Waals surface area (Å²) in [6.07, 6.45) is 3.24. The number of aromatic nitrogens is 1. The highest BCUT2D eigenvalue weighted by Crippen LogP contribution is 2.20. The van der Waals surface area contributed by atoms with E-state index in [1.165, 1.54) is 5.56 Å². The fourth-order valence-corrected chi connectivity index (χ4v) is 1.17. The van der Waals surface area contributed by atoms with E-state index in [1.54, 1.807) is 12.5 Å². The van der Waals surface area contributed by atoms with Crippen LogP contribution in [0.1, 0.15) is 19.4 Å². The van der Waals surface area contributed by atoms with Crippen molar-refractivity contribution in [2.75, 3.05) is 0 Å². The van der Waals surface area contributed by atoms with Crippen LogP contribution in [0.2, 0.25) is 0 Å². The lowest BCUT2D eigenvalue weighted by molar-refractivity contribution is 0.574. The monoisotopic (exact) mass is 189 g/mol. The smallest absolute Gasteiger partial charge is 0.226 e. The van der Waals surface area contributed by atoms with E-state index in [4.69, 9.17) is 4.42 Å². The van der Waals surface area contributed by atoms with Crippen LogP contribution < -0.4 is 0 Å². The maximum atomic E-state index is 5.19. The average Bonchev–Trinajstić information content (AvgIpc) is 2.75. The number of hydrogen-bond donors (Lipinski definition) is 0. The molecule has 0 aliphatic carbocycles. The van der Waals surface area contributed by atoms with Gasteiger partial charge in [-0.2, -0.15) is 0 Å². The first-order chi connectivity index (χ1) is 6.88. The van der Waals surface area contributed by atoms with E-state index >= 15 is 0 Å². The van der Waals surface area contributed by atoms with Gasteiger partial charge in [-0.05, 0) is 18.6 Å². The molecule has 1 heterocycles. The molecule has 2 aromatic rings. The van der Waals surface area contributed by atoms with Gasteiger partial charge in [0.2, 0.25) is 5.89 Å². The third-order valence-corrected chi connectivity index (χ3v) is 1.81. The second kappa shape index (κ2) is 5.22. The van der Waals surface area contributed by atoms with Crippen LogP contribution >= 0.6 is 0 Å². The fourth-order valence-electron chi connectivity index (χ4n) is 1.17. The summed E-state index contributed by atoms with van der Waals surface area (Å²) in [7, 11) is 0. The highest BCUT2D eigenvalue weighted by atomic mass is 16.3. The molecule has 0 fully saturated rings. The molecule has 2 rings (SSSR count). The first-order valence-electron chi connectivity index (χ1n) is 4.83. The molecule has 0 N–H and O–H groups in total. The van der Waals surface area contributed by atoms with Gasteiger partial charge in [0.1, 0.15) is 6.26 Å². The van der Waals surface area contributed by atoms with Gasteiger partial charge in [-0.3, -0.25) is 0 Å². The first-order valence-corrected chi connectivity index (χ1v) is 4.83. The number of oxazole rings is 1. The van der Waals surface area contributed by atoms with E-state index in [9.17, 15) is 0 Å². The lowest BCUT2D eigenvalue weighted by Crippen LogP contribution is -1.80. The Kier molecular flexibility index (Phi) is 3.92. The van der Waals surface area contributed by atoms with Gasteiger partial charge in [0, 0.05) is 5.56 Å². The molecule has 0 aliphatic rings. The molecule has 0 saturated carbocycles. The fraction of sp³-hybridized carbons (Fsp3) is 0.250. The summed E-state index contributed by atoms with van der Waals surface area (Å²) in [6.45, 7) is 6.04. The van der Waals surface area contributed by atoms with E-state index < -0.39 is 0 Å². The molecule has 2 nitrogen and oxygen atoms in total. The van der Waals surface area contributed by atoms with Crippen LogP contribution in [0, 0.1) is 6.92 Å². The third kappa shape index (κ3) is 2.22. The SMILES string of the molecule is CC.Cc1ccccc1-c1ncco1. The van der Waals surface area contributed by atoms with Crippen LogP contribution in [0.15, 0.2) is 41.1 Å². The molecule has 0 bridgehead atoms. The molecule has 0 amide bonds. The number of benzene rings is 1. The lowest BCUT2D eigenvalue weighted by atomic mass is 10.1. The Morgan fingerprint density at radius 1 is 1.14 bits per heavy atom. The van der Waals surface area contributed by atoms with Crippen molar-refractivity contribution in [1.29, 1.82) is 0 Å². The van der Waals surface area contributed by atoms with Crippen LogP contribution in [0.3, 0.4) is 0 Å². The van der Waals surface area contributed by atoms with E-state index in [0.717, 1.165) is 5.56 Å². The molecule has 14 heavy (non-hydrogen) atoms. The predicted molar refractivity (Wildman–Crippen MR) is 58.0 cm³/mol. The highest BCUT2D eigenvalue weighted by Gasteiger charge is 2.03. The van der Waals surface area contributed by atoms with Crippen molar-refractivity contribution in [3.8, 4) is 11.5 Å². The number of nitrogens with zero attached hydrogens (tertiary/aromatic N) is 1. The summed E-state index contributed by atoms with van der Waals surface area (Å²) < 4.78 is 5.19. The summed E-state index contributed by atoms with van der Waals surface area (Å²) in [4.78, 5) is 4.08. The standard InChI is InChI=1S/C10H9NO.C2H6/c1-8-4-2-3-5-9(8)10-11-6-7-12-10;1-2/h2-7H,1H3;1-2H3. The summed E-state index contributed by atoms with van der Waals surface area (Å²) in [5.41, 5.74) is 2.24. The molecule has 1 aromatic carbocycles. The number of rotatable bonds is 1. The van der Waals surface area contributed by atoms with Crippen LogP contribution in [0.25, 0.3) is 11.5 Å². The number of hydrogen-bond acceptors (Lipinski definition) is 2. The van der Waals surface area contributed by atoms with E-state index in [2.05, 4.69) is 4.98 Å². The Morgan fingerprint density at radius 2 is 1.86 bits per heavy atom. The normalized spacial score (nSPS) is 9.07. The van der Waals surface area contributed by atoms with Crippen molar-refractivity contribution in [3.05, 3.63) is 42.3 Å². The molecule has 2 heteroatoms. The molecule has 0 atom stereocenters. The van der Waals surface area contributed by atoms with E-state index in [0.29, 0.717) is 5.89 Å². The van der Waals surface area contributed by atoms with Crippen LogP contribution in [0.5, 0.6) is 0 Å². The third-order valence-electron chi connectivity index (χ3n) is 1.81. The first kappa shape index (κ1) is 10.5. The number of aryl methyl sites for hydroxylation is 1. The molecular formula is C12H15NO. The summed E-state index contributed by atoms with van der Waals surface area (Å²) >= 11 is 0. The van der Waals surface area contributed by atoms with Gasteiger partial charge in [-0.25, -0.2) is 4.98 Å². The zero-order valence-electron chi connectivity index (χ0n) is 8.82. The summed E-state index contributed by atoms with van der Waals surface area (Å²) in [6, 6.07) is 8.02. The van der Waals surface area contributed by atoms with Crippen molar-refractivity contribution in [1.82, 2.24) is 4.98 Å². The average molecular weight is 189 g/mol. The van der Waals surface area contributed by atoms with Gasteiger partial charge in [-0.1, -0.05) is 32.0 Å². The zero-order valence-corrected chi connectivity index (χ0v) is 8.82. The van der Waals surface area contributed by atoms with Crippen molar-refractivity contribution in [3.63, 3.8) is 0 Å². The minimum absolute atomic E-state index is 0.688. The second-order valence-electron chi connectivity index (χ2n) is 2.65. The molecule has 0 unspecified atom stereocenters. The van der Waals surface area contributed by atoms with Crippen LogP contribution in [-0.2, 0) is 0 Å². The van der Waals surface area contributed by atoms with Crippen LogP contribution in [-0.4, -0.2) is 4.98 Å². The molecule has 74 valence electrons. The van der Waals surface area contributed by atoms with Crippen molar-refractivity contribution >= 4 is 0 Å². The van der Waals surface area contributed by atoms with E-state index in [1.807, 2.05) is 45.0 Å². The Morgan fingerprint density at radius 3 is 2.43 bits per heavy atom. The maximum Gasteiger partial charge on any atom is 0.226 e. The quantitative estimate of drug-likeness (QED) is 0.684. The lowest BCUT2D eigenvalue weighted by Gasteiger charge is -1.98. The Labute approximate surface area is 84.6 Å². The largest absolute Gasteiger partial charge is 0.445 e. The van der Waals surface area contributed by atoms with Gasteiger partial charge in [-0.15, -0.1) is 0 Å². The highest BCUT2D eigenvalue weighted by molar-refractivity contribution is 5.57. The molecule has 0 radical (unpaired) electrons. The van der Waals surface area contributed by atoms with Gasteiger partial charge >= 0.3 is 0 Å². The van der Waals surface area contributed by atoms with Gasteiger partial charge < -0.3 is 4.42 Å². The Bertz CT molecular complexity index is 366. The van der Waals surface area contributed by atoms with Crippen molar-refractivity contribution in [2.45, 2.75) is 20.8 Å². The maximum absolute atomic E-state index is 5.19. The minimum atomic E-state index is 0.688. The molecule has 0 saturated heterocycles. The Hall–Kier alpha value is -1.57. The zero-order chi connectivity index (χ0) is 10.4. The molecule has 0 aliphatic heterocycles. The van der Waals surface area contributed by atoms with Crippen molar-refractivity contribution < 1.29 is 4.42 Å². The van der Waals surface area contributed by atoms with Gasteiger partial charge in [0.25, 0.3) is 0 Å². The topological polar surface area (TPSA) is 26.0 Å². The molecule has 1 aromatic heterocycles. The molecular weight excluding hydrogens is 174 g/mol. The summed E-state index contributed by atoms with van der Waals surface area (Å²) in [5.74, 6) is 0.688. The van der Waals surface area contributed by atoms with Crippen molar-refractivity contribution in [2.24, 2.45) is 0 Å². The Balaban J connectivity index is 0.000000461. The van der Waals surface area contributed by atoms with E-state index in [-0.39, 0.29) is 0 Å². The van der Waals surface area contributed by atoms with Gasteiger partial charge in [0.05, 0.1) is 6.20 Å². The predicted octanol–water partition coefficient (Wildman–Crippen LogP) is 3.68. The van der Waals surface area contributed by atoms with Crippen LogP contribution in [0.4, 0.5) is 0 Å². The minimum Gasteiger partial charge on any atom is -0.445 e. The summed E-state index contributed by atoms with van der Waals surface area (Å²) in [5, 5.41) is 0. The second-order valence-corrected chi connectivity index (χ2v) is 2.65.